The number of aliphatic hydroxyl groups excluding tert-OH is 5. The van der Waals surface area contributed by atoms with Crippen LogP contribution in [0, 0.1) is 0 Å². The van der Waals surface area contributed by atoms with Crippen LogP contribution in [0.2, 0.25) is 0 Å². The molecule has 1 saturated carbocycles. The number of ether oxygens (including phenoxy) is 2. The van der Waals surface area contributed by atoms with Gasteiger partial charge >= 0.3 is 13.8 Å². The third-order valence-electron chi connectivity index (χ3n) is 11.3. The van der Waals surface area contributed by atoms with E-state index in [0.717, 1.165) is 57.8 Å². The Balaban J connectivity index is 2.38. The van der Waals surface area contributed by atoms with Crippen LogP contribution in [0.1, 0.15) is 206 Å². The second-order valence-electron chi connectivity index (χ2n) is 17.0. The van der Waals surface area contributed by atoms with Gasteiger partial charge in [-0.2, -0.15) is 0 Å². The molecule has 0 bridgehead atoms. The fraction of sp³-hybridized carbons (Fsp3) is 0.894. The van der Waals surface area contributed by atoms with Gasteiger partial charge in [0, 0.05) is 13.0 Å². The number of phosphoric ester groups is 1. The maximum atomic E-state index is 12.8. The Morgan fingerprint density at radius 3 is 1.43 bits per heavy atom. The third-order valence-corrected chi connectivity index (χ3v) is 12.3. The molecule has 6 N–H and O–H groups in total. The highest BCUT2D eigenvalue weighted by atomic mass is 31.2. The fourth-order valence-corrected chi connectivity index (χ4v) is 8.42. The molecule has 0 aromatic heterocycles. The Labute approximate surface area is 364 Å². The molecule has 6 atom stereocenters. The summed E-state index contributed by atoms with van der Waals surface area (Å²) in [5, 5.41) is 50.2. The fourth-order valence-electron chi connectivity index (χ4n) is 7.45. The lowest BCUT2D eigenvalue weighted by atomic mass is 9.85. The molecule has 0 saturated heterocycles. The first-order chi connectivity index (χ1) is 29.0. The molecule has 1 aliphatic rings. The summed E-state index contributed by atoms with van der Waals surface area (Å²) in [6.45, 7) is 4.23. The van der Waals surface area contributed by atoms with Crippen LogP contribution in [0.15, 0.2) is 24.3 Å². The van der Waals surface area contributed by atoms with Gasteiger partial charge in [0.05, 0.1) is 13.2 Å². The van der Waals surface area contributed by atoms with E-state index < -0.39 is 63.1 Å². The molecule has 1 fully saturated rings. The zero-order valence-electron chi connectivity index (χ0n) is 37.8. The van der Waals surface area contributed by atoms with Crippen LogP contribution in [-0.4, -0.2) is 98.9 Å². The number of allylic oxidation sites excluding steroid dienone is 4. The third kappa shape index (κ3) is 30.0. The summed E-state index contributed by atoms with van der Waals surface area (Å²) in [5.74, 6) is -0.478. The van der Waals surface area contributed by atoms with Crippen molar-refractivity contribution in [3.05, 3.63) is 24.3 Å². The minimum absolute atomic E-state index is 0.0800. The Morgan fingerprint density at radius 2 is 0.933 bits per heavy atom. The number of rotatable bonds is 41. The molecule has 0 aliphatic heterocycles. The van der Waals surface area contributed by atoms with Gasteiger partial charge in [-0.25, -0.2) is 4.57 Å². The first-order valence-corrected chi connectivity index (χ1v) is 25.7. The lowest BCUT2D eigenvalue weighted by Crippen LogP contribution is -2.64. The van der Waals surface area contributed by atoms with Crippen molar-refractivity contribution in [2.75, 3.05) is 19.8 Å². The molecule has 0 heterocycles. The standard InChI is InChI=1S/C47H89O12P/c1-3-5-7-9-11-13-15-17-19-21-22-24-26-28-30-32-34-36-41(48)58-40(39-57-60(54,55)59-47-45(52)43(50)42(49)44(51)46(47)53)38-56-37-35-33-31-29-27-25-23-20-18-16-14-12-10-8-6-4-2/h12,14,18,20,40,42-47,49-53H,3-11,13,15-17,19,21-39H2,1-2H3,(H,54,55)/b14-12-,20-18-. The average molecular weight is 877 g/mol. The number of carbonyl (C=O) groups excluding carboxylic acids is 1. The molecule has 0 radical (unpaired) electrons. The van der Waals surface area contributed by atoms with Crippen LogP contribution >= 0.6 is 7.82 Å². The Bertz CT molecular complexity index is 1090. The van der Waals surface area contributed by atoms with Gasteiger partial charge in [0.1, 0.15) is 42.7 Å². The lowest BCUT2D eigenvalue weighted by Gasteiger charge is -2.41. The Hall–Kier alpha value is -1.18. The Kier molecular flexibility index (Phi) is 36.3. The van der Waals surface area contributed by atoms with Gasteiger partial charge in [0.25, 0.3) is 0 Å². The summed E-state index contributed by atoms with van der Waals surface area (Å²) in [6.07, 6.45) is 31.0. The van der Waals surface area contributed by atoms with Crippen molar-refractivity contribution in [1.82, 2.24) is 0 Å². The molecule has 12 nitrogen and oxygen atoms in total. The molecule has 1 rings (SSSR count). The van der Waals surface area contributed by atoms with E-state index in [9.17, 15) is 39.8 Å². The number of carbonyl (C=O) groups is 1. The van der Waals surface area contributed by atoms with Crippen molar-refractivity contribution in [1.29, 1.82) is 0 Å². The van der Waals surface area contributed by atoms with Crippen LogP contribution in [0.25, 0.3) is 0 Å². The predicted octanol–water partition coefficient (Wildman–Crippen LogP) is 10.1. The van der Waals surface area contributed by atoms with E-state index in [2.05, 4.69) is 38.2 Å². The van der Waals surface area contributed by atoms with Crippen molar-refractivity contribution in [3.8, 4) is 0 Å². The lowest BCUT2D eigenvalue weighted by molar-refractivity contribution is -0.220. The molecule has 13 heteroatoms. The zero-order chi connectivity index (χ0) is 44.1. The molecule has 1 aliphatic carbocycles. The van der Waals surface area contributed by atoms with Crippen molar-refractivity contribution >= 4 is 13.8 Å². The smallest absolute Gasteiger partial charge is 0.457 e. The maximum absolute atomic E-state index is 12.8. The first kappa shape index (κ1) is 56.8. The summed E-state index contributed by atoms with van der Waals surface area (Å²) in [4.78, 5) is 23.2. The normalized spacial score (nSPS) is 22.5. The van der Waals surface area contributed by atoms with Crippen molar-refractivity contribution in [2.45, 2.75) is 249 Å². The van der Waals surface area contributed by atoms with E-state index in [1.165, 1.54) is 122 Å². The summed E-state index contributed by atoms with van der Waals surface area (Å²) >= 11 is 0. The molecule has 0 amide bonds. The minimum atomic E-state index is -5.02. The largest absolute Gasteiger partial charge is 0.472 e. The van der Waals surface area contributed by atoms with E-state index in [4.69, 9.17) is 18.5 Å². The number of hydrogen-bond donors (Lipinski definition) is 6. The van der Waals surface area contributed by atoms with E-state index in [-0.39, 0.29) is 13.0 Å². The highest BCUT2D eigenvalue weighted by Gasteiger charge is 2.51. The van der Waals surface area contributed by atoms with Crippen molar-refractivity contribution in [2.24, 2.45) is 0 Å². The van der Waals surface area contributed by atoms with Gasteiger partial charge in [0.15, 0.2) is 0 Å². The van der Waals surface area contributed by atoms with Gasteiger partial charge in [0.2, 0.25) is 0 Å². The van der Waals surface area contributed by atoms with E-state index in [0.29, 0.717) is 13.0 Å². The van der Waals surface area contributed by atoms with Crippen LogP contribution in [-0.2, 0) is 27.9 Å². The van der Waals surface area contributed by atoms with Gasteiger partial charge in [-0.3, -0.25) is 13.8 Å². The summed E-state index contributed by atoms with van der Waals surface area (Å²) in [5.41, 5.74) is 0. The minimum Gasteiger partial charge on any atom is -0.457 e. The SMILES string of the molecule is CCCCC/C=C\C/C=C\CCCCCCCCOCC(COP(=O)(O)OC1C(O)C(O)C(O)C(O)C1O)OC(=O)CCCCCCCCCCCCCCCCCCC. The number of phosphoric acid groups is 1. The van der Waals surface area contributed by atoms with Gasteiger partial charge in [-0.05, 0) is 44.9 Å². The molecule has 60 heavy (non-hydrogen) atoms. The second kappa shape index (κ2) is 38.3. The number of hydrogen-bond acceptors (Lipinski definition) is 11. The summed E-state index contributed by atoms with van der Waals surface area (Å²) in [7, 11) is -5.02. The van der Waals surface area contributed by atoms with Gasteiger partial charge in [-0.1, -0.05) is 179 Å². The first-order valence-electron chi connectivity index (χ1n) is 24.2. The summed E-state index contributed by atoms with van der Waals surface area (Å²) in [6, 6.07) is 0. The summed E-state index contributed by atoms with van der Waals surface area (Å²) < 4.78 is 34.2. The van der Waals surface area contributed by atoms with Crippen molar-refractivity contribution < 1.29 is 58.3 Å². The van der Waals surface area contributed by atoms with Crippen LogP contribution in [0.5, 0.6) is 0 Å². The average Bonchev–Trinajstić information content (AvgIpc) is 3.23. The van der Waals surface area contributed by atoms with E-state index >= 15 is 0 Å². The van der Waals surface area contributed by atoms with Crippen LogP contribution < -0.4 is 0 Å². The van der Waals surface area contributed by atoms with E-state index in [1.807, 2.05) is 0 Å². The van der Waals surface area contributed by atoms with Crippen LogP contribution in [0.4, 0.5) is 0 Å². The second-order valence-corrected chi connectivity index (χ2v) is 18.4. The molecule has 0 aromatic carbocycles. The van der Waals surface area contributed by atoms with Crippen molar-refractivity contribution in [3.63, 3.8) is 0 Å². The molecular formula is C47H89O12P. The zero-order valence-corrected chi connectivity index (χ0v) is 38.7. The van der Waals surface area contributed by atoms with Gasteiger partial charge < -0.3 is 39.9 Å². The van der Waals surface area contributed by atoms with Crippen LogP contribution in [0.3, 0.4) is 0 Å². The highest BCUT2D eigenvalue weighted by Crippen LogP contribution is 2.47. The monoisotopic (exact) mass is 877 g/mol. The molecule has 0 aromatic rings. The number of aliphatic hydroxyl groups is 5. The quantitative estimate of drug-likeness (QED) is 0.0148. The molecular weight excluding hydrogens is 787 g/mol. The highest BCUT2D eigenvalue weighted by molar-refractivity contribution is 7.47. The molecule has 0 spiro atoms. The Morgan fingerprint density at radius 1 is 0.533 bits per heavy atom. The topological polar surface area (TPSA) is 192 Å². The predicted molar refractivity (Wildman–Crippen MR) is 240 cm³/mol. The van der Waals surface area contributed by atoms with Gasteiger partial charge in [-0.15, -0.1) is 0 Å². The maximum Gasteiger partial charge on any atom is 0.472 e. The molecule has 354 valence electrons. The number of esters is 1. The molecule has 6 unspecified atom stereocenters. The number of unbranched alkanes of at least 4 members (excludes halogenated alkanes) is 25. The van der Waals surface area contributed by atoms with E-state index in [1.54, 1.807) is 0 Å².